The first kappa shape index (κ1) is 10.7. The summed E-state index contributed by atoms with van der Waals surface area (Å²) in [5.41, 5.74) is 6.54. The molecule has 1 aromatic heterocycles. The lowest BCUT2D eigenvalue weighted by atomic mass is 10.2. The van der Waals surface area contributed by atoms with Crippen LogP contribution in [0, 0.1) is 11.8 Å². The van der Waals surface area contributed by atoms with E-state index in [0.717, 1.165) is 12.1 Å². The van der Waals surface area contributed by atoms with Crippen molar-refractivity contribution >= 4 is 11.3 Å². The Hall–Kier alpha value is -0.820. The summed E-state index contributed by atoms with van der Waals surface area (Å²) in [6, 6.07) is 2.10. The van der Waals surface area contributed by atoms with Crippen LogP contribution >= 0.6 is 11.3 Å². The van der Waals surface area contributed by atoms with Gasteiger partial charge in [-0.25, -0.2) is 0 Å². The Labute approximate surface area is 95.1 Å². The Bertz CT molecular complexity index is 366. The van der Waals surface area contributed by atoms with Crippen LogP contribution in [0.2, 0.25) is 0 Å². The number of hydrogen-bond donors (Lipinski definition) is 1. The fourth-order valence-corrected chi connectivity index (χ4v) is 2.74. The molecule has 0 unspecified atom stereocenters. The van der Waals surface area contributed by atoms with Gasteiger partial charge in [-0.2, -0.15) is 0 Å². The Morgan fingerprint density at radius 1 is 1.40 bits per heavy atom. The second kappa shape index (κ2) is 5.32. The Morgan fingerprint density at radius 2 is 2.20 bits per heavy atom. The maximum absolute atomic E-state index is 5.38. The highest BCUT2D eigenvalue weighted by molar-refractivity contribution is 7.10. The topological polar surface area (TPSA) is 29.3 Å². The summed E-state index contributed by atoms with van der Waals surface area (Å²) in [7, 11) is 0. The summed E-state index contributed by atoms with van der Waals surface area (Å²) in [6.07, 6.45) is 2.68. The quantitative estimate of drug-likeness (QED) is 0.768. The predicted molar refractivity (Wildman–Crippen MR) is 64.8 cm³/mol. The first-order valence-corrected chi connectivity index (χ1v) is 6.26. The van der Waals surface area contributed by atoms with Crippen LogP contribution in [0.3, 0.4) is 0 Å². The van der Waals surface area contributed by atoms with E-state index in [9.17, 15) is 0 Å². The SMILES string of the molecule is NCC#Cc1ccsc1CN1CCCC1. The highest BCUT2D eigenvalue weighted by atomic mass is 32.1. The van der Waals surface area contributed by atoms with E-state index in [-0.39, 0.29) is 0 Å². The van der Waals surface area contributed by atoms with Gasteiger partial charge in [-0.3, -0.25) is 4.90 Å². The van der Waals surface area contributed by atoms with Crippen molar-refractivity contribution in [1.29, 1.82) is 0 Å². The zero-order valence-electron chi connectivity index (χ0n) is 8.83. The van der Waals surface area contributed by atoms with Crippen LogP contribution in [0.25, 0.3) is 0 Å². The highest BCUT2D eigenvalue weighted by Crippen LogP contribution is 2.20. The number of rotatable bonds is 2. The molecule has 0 aliphatic carbocycles. The lowest BCUT2D eigenvalue weighted by Gasteiger charge is -2.13. The largest absolute Gasteiger partial charge is 0.320 e. The Morgan fingerprint density at radius 3 is 2.93 bits per heavy atom. The molecule has 2 N–H and O–H groups in total. The molecule has 80 valence electrons. The maximum Gasteiger partial charge on any atom is 0.0555 e. The normalized spacial score (nSPS) is 16.3. The van der Waals surface area contributed by atoms with Crippen LogP contribution in [0.15, 0.2) is 11.4 Å². The number of nitrogens with two attached hydrogens (primary N) is 1. The van der Waals surface area contributed by atoms with Gasteiger partial charge in [0, 0.05) is 17.0 Å². The van der Waals surface area contributed by atoms with Crippen molar-refractivity contribution < 1.29 is 0 Å². The average Bonchev–Trinajstić information content (AvgIpc) is 2.87. The molecule has 0 bridgehead atoms. The molecule has 1 aliphatic rings. The minimum absolute atomic E-state index is 0.443. The molecule has 1 saturated heterocycles. The van der Waals surface area contributed by atoms with Gasteiger partial charge in [-0.05, 0) is 37.4 Å². The third-order valence-electron chi connectivity index (χ3n) is 2.64. The van der Waals surface area contributed by atoms with Crippen molar-refractivity contribution in [3.63, 3.8) is 0 Å². The molecule has 0 saturated carbocycles. The van der Waals surface area contributed by atoms with E-state index in [1.165, 1.54) is 30.8 Å². The molecule has 0 atom stereocenters. The van der Waals surface area contributed by atoms with Crippen LogP contribution in [0.1, 0.15) is 23.3 Å². The number of nitrogens with zero attached hydrogens (tertiary/aromatic N) is 1. The number of thiophene rings is 1. The van der Waals surface area contributed by atoms with Crippen LogP contribution in [0.4, 0.5) is 0 Å². The van der Waals surface area contributed by atoms with E-state index >= 15 is 0 Å². The van der Waals surface area contributed by atoms with Crippen LogP contribution < -0.4 is 5.73 Å². The van der Waals surface area contributed by atoms with E-state index in [4.69, 9.17) is 5.73 Å². The molecule has 1 aromatic rings. The summed E-state index contributed by atoms with van der Waals surface area (Å²) in [6.45, 7) is 3.98. The molecule has 0 spiro atoms. The van der Waals surface area contributed by atoms with Gasteiger partial charge in [-0.15, -0.1) is 11.3 Å². The molecule has 2 rings (SSSR count). The third-order valence-corrected chi connectivity index (χ3v) is 3.54. The molecule has 3 heteroatoms. The summed E-state index contributed by atoms with van der Waals surface area (Å²) >= 11 is 1.80. The van der Waals surface area contributed by atoms with Gasteiger partial charge < -0.3 is 5.73 Å². The van der Waals surface area contributed by atoms with Gasteiger partial charge in [0.15, 0.2) is 0 Å². The van der Waals surface area contributed by atoms with Gasteiger partial charge in [-0.1, -0.05) is 11.8 Å². The Kier molecular flexibility index (Phi) is 3.79. The lowest BCUT2D eigenvalue weighted by Crippen LogP contribution is -2.18. The predicted octanol–water partition coefficient (Wildman–Crippen LogP) is 1.65. The van der Waals surface area contributed by atoms with E-state index in [1.54, 1.807) is 11.3 Å². The minimum atomic E-state index is 0.443. The molecule has 0 radical (unpaired) electrons. The van der Waals surface area contributed by atoms with Gasteiger partial charge >= 0.3 is 0 Å². The first-order chi connectivity index (χ1) is 7.40. The second-order valence-corrected chi connectivity index (χ2v) is 4.75. The zero-order chi connectivity index (χ0) is 10.5. The lowest BCUT2D eigenvalue weighted by molar-refractivity contribution is 0.334. The van der Waals surface area contributed by atoms with E-state index in [0.29, 0.717) is 6.54 Å². The molecule has 0 amide bonds. The van der Waals surface area contributed by atoms with Crippen LogP contribution in [0.5, 0.6) is 0 Å². The number of hydrogen-bond acceptors (Lipinski definition) is 3. The number of likely N-dealkylation sites (tertiary alicyclic amines) is 1. The maximum atomic E-state index is 5.38. The first-order valence-electron chi connectivity index (χ1n) is 5.38. The molecular formula is C12H16N2S. The van der Waals surface area contributed by atoms with Crippen molar-refractivity contribution in [1.82, 2.24) is 4.90 Å². The van der Waals surface area contributed by atoms with Crippen molar-refractivity contribution in [3.8, 4) is 11.8 Å². The highest BCUT2D eigenvalue weighted by Gasteiger charge is 2.13. The minimum Gasteiger partial charge on any atom is -0.320 e. The molecule has 0 aromatic carbocycles. The summed E-state index contributed by atoms with van der Waals surface area (Å²) < 4.78 is 0. The standard InChI is InChI=1S/C12H16N2S/c13-6-3-4-11-5-9-15-12(11)10-14-7-1-2-8-14/h5,9H,1-2,6-8,10,13H2. The molecule has 2 nitrogen and oxygen atoms in total. The fourth-order valence-electron chi connectivity index (χ4n) is 1.86. The van der Waals surface area contributed by atoms with Crippen molar-refractivity contribution in [2.75, 3.05) is 19.6 Å². The van der Waals surface area contributed by atoms with E-state index in [1.807, 2.05) is 0 Å². The van der Waals surface area contributed by atoms with E-state index in [2.05, 4.69) is 28.2 Å². The fraction of sp³-hybridized carbons (Fsp3) is 0.500. The molecular weight excluding hydrogens is 204 g/mol. The average molecular weight is 220 g/mol. The van der Waals surface area contributed by atoms with Crippen molar-refractivity contribution in [2.45, 2.75) is 19.4 Å². The van der Waals surface area contributed by atoms with Gasteiger partial charge in [0.25, 0.3) is 0 Å². The second-order valence-electron chi connectivity index (χ2n) is 3.75. The third kappa shape index (κ3) is 2.82. The molecule has 15 heavy (non-hydrogen) atoms. The monoisotopic (exact) mass is 220 g/mol. The molecule has 2 heterocycles. The molecule has 1 fully saturated rings. The summed E-state index contributed by atoms with van der Waals surface area (Å²) in [5.74, 6) is 6.06. The van der Waals surface area contributed by atoms with Gasteiger partial charge in [0.1, 0.15) is 0 Å². The van der Waals surface area contributed by atoms with Crippen molar-refractivity contribution in [2.24, 2.45) is 5.73 Å². The summed E-state index contributed by atoms with van der Waals surface area (Å²) in [4.78, 5) is 3.89. The van der Waals surface area contributed by atoms with Crippen LogP contribution in [-0.4, -0.2) is 24.5 Å². The van der Waals surface area contributed by atoms with Gasteiger partial charge in [0.05, 0.1) is 6.54 Å². The molecule has 1 aliphatic heterocycles. The van der Waals surface area contributed by atoms with Crippen LogP contribution in [-0.2, 0) is 6.54 Å². The summed E-state index contributed by atoms with van der Waals surface area (Å²) in [5, 5.41) is 2.12. The van der Waals surface area contributed by atoms with E-state index < -0.39 is 0 Å². The zero-order valence-corrected chi connectivity index (χ0v) is 9.65. The van der Waals surface area contributed by atoms with Gasteiger partial charge in [0.2, 0.25) is 0 Å². The Balaban J connectivity index is 2.03. The van der Waals surface area contributed by atoms with Crippen molar-refractivity contribution in [3.05, 3.63) is 21.9 Å². The smallest absolute Gasteiger partial charge is 0.0555 e.